The van der Waals surface area contributed by atoms with Crippen molar-refractivity contribution in [2.75, 3.05) is 13.2 Å². The molecule has 0 aromatic carbocycles. The molecule has 0 aliphatic heterocycles. The lowest BCUT2D eigenvalue weighted by atomic mass is 10.2. The van der Waals surface area contributed by atoms with E-state index < -0.39 is 11.7 Å². The predicted octanol–water partition coefficient (Wildman–Crippen LogP) is 0.591. The number of carbonyl (C=O) groups excluding carboxylic acids is 3. The number of amides is 1. The van der Waals surface area contributed by atoms with Gasteiger partial charge in [0.15, 0.2) is 0 Å². The van der Waals surface area contributed by atoms with E-state index >= 15 is 0 Å². The predicted molar refractivity (Wildman–Crippen MR) is 58.7 cm³/mol. The Morgan fingerprint density at radius 3 is 2.62 bits per heavy atom. The minimum Gasteiger partial charge on any atom is -0.461 e. The lowest BCUT2D eigenvalue weighted by molar-refractivity contribution is -0.142. The van der Waals surface area contributed by atoms with Gasteiger partial charge in [0.25, 0.3) is 5.91 Å². The van der Waals surface area contributed by atoms with Crippen molar-refractivity contribution >= 4 is 17.7 Å². The van der Waals surface area contributed by atoms with E-state index in [4.69, 9.17) is 4.74 Å². The van der Waals surface area contributed by atoms with Gasteiger partial charge in [-0.05, 0) is 6.42 Å². The molecule has 0 radical (unpaired) electrons. The van der Waals surface area contributed by atoms with Crippen LogP contribution >= 0.6 is 0 Å². The highest BCUT2D eigenvalue weighted by molar-refractivity contribution is 6.36. The summed E-state index contributed by atoms with van der Waals surface area (Å²) in [5.74, 6) is -1.38. The van der Waals surface area contributed by atoms with Gasteiger partial charge < -0.3 is 10.1 Å². The van der Waals surface area contributed by atoms with Crippen LogP contribution in [0.5, 0.6) is 0 Å². The Kier molecular flexibility index (Phi) is 7.75. The molecule has 16 heavy (non-hydrogen) atoms. The van der Waals surface area contributed by atoms with Gasteiger partial charge in [-0.3, -0.25) is 14.4 Å². The van der Waals surface area contributed by atoms with Gasteiger partial charge in [-0.2, -0.15) is 0 Å². The molecule has 0 rings (SSSR count). The van der Waals surface area contributed by atoms with Crippen LogP contribution in [0.2, 0.25) is 0 Å². The number of rotatable bonds is 8. The number of ether oxygens (including phenoxy) is 1. The number of hydrogen-bond donors (Lipinski definition) is 1. The Morgan fingerprint density at radius 1 is 1.38 bits per heavy atom. The first-order valence-corrected chi connectivity index (χ1v) is 5.19. The van der Waals surface area contributed by atoms with Crippen LogP contribution < -0.4 is 5.32 Å². The van der Waals surface area contributed by atoms with Gasteiger partial charge in [-0.15, -0.1) is 0 Å². The first-order chi connectivity index (χ1) is 7.61. The third-order valence-corrected chi connectivity index (χ3v) is 1.78. The number of carbonyl (C=O) groups is 3. The fourth-order valence-electron chi connectivity index (χ4n) is 0.918. The van der Waals surface area contributed by atoms with E-state index in [0.717, 1.165) is 0 Å². The van der Waals surface area contributed by atoms with Gasteiger partial charge in [-0.1, -0.05) is 19.6 Å². The Morgan fingerprint density at radius 2 is 2.06 bits per heavy atom. The Balaban J connectivity index is 3.53. The molecule has 5 nitrogen and oxygen atoms in total. The molecule has 0 saturated carbocycles. The molecule has 0 aliphatic rings. The van der Waals surface area contributed by atoms with Crippen LogP contribution in [0, 0.1) is 0 Å². The molecule has 0 aliphatic carbocycles. The molecular formula is C11H17NO4. The van der Waals surface area contributed by atoms with Gasteiger partial charge in [0.05, 0.1) is 0 Å². The molecule has 0 aromatic rings. The van der Waals surface area contributed by atoms with Gasteiger partial charge in [-0.25, -0.2) is 0 Å². The molecule has 90 valence electrons. The van der Waals surface area contributed by atoms with Crippen LogP contribution in [0.4, 0.5) is 0 Å². The van der Waals surface area contributed by atoms with Crippen molar-refractivity contribution in [3.05, 3.63) is 12.7 Å². The van der Waals surface area contributed by atoms with Crippen molar-refractivity contribution in [2.24, 2.45) is 0 Å². The minimum absolute atomic E-state index is 0.188. The molecule has 5 heteroatoms. The van der Waals surface area contributed by atoms with Crippen LogP contribution in [0.1, 0.15) is 26.2 Å². The zero-order chi connectivity index (χ0) is 12.4. The molecule has 0 bridgehead atoms. The van der Waals surface area contributed by atoms with E-state index in [-0.39, 0.29) is 25.4 Å². The molecular weight excluding hydrogens is 210 g/mol. The maximum absolute atomic E-state index is 11.0. The van der Waals surface area contributed by atoms with Crippen molar-refractivity contribution in [1.29, 1.82) is 0 Å². The molecule has 0 fully saturated rings. The minimum atomic E-state index is -0.595. The Labute approximate surface area is 94.8 Å². The molecule has 0 heterocycles. The summed E-state index contributed by atoms with van der Waals surface area (Å²) < 4.78 is 4.73. The standard InChI is InChI=1S/C11H17NO4/c1-3-8-16-10(14)6-5-7-12-11(15)9(13)4-2/h3H,1,4-8H2,2H3,(H,12,15). The fraction of sp³-hybridized carbons (Fsp3) is 0.545. The lowest BCUT2D eigenvalue weighted by Gasteiger charge is -2.03. The maximum Gasteiger partial charge on any atom is 0.306 e. The first kappa shape index (κ1) is 14.3. The zero-order valence-corrected chi connectivity index (χ0v) is 9.45. The number of Topliss-reactive ketones (excluding diaryl/α,β-unsaturated/α-hetero) is 1. The molecule has 0 unspecified atom stereocenters. The Hall–Kier alpha value is -1.65. The summed E-state index contributed by atoms with van der Waals surface area (Å²) in [6.45, 7) is 5.52. The van der Waals surface area contributed by atoms with Crippen LogP contribution in [0.3, 0.4) is 0 Å². The van der Waals surface area contributed by atoms with E-state index in [0.29, 0.717) is 13.0 Å². The summed E-state index contributed by atoms with van der Waals surface area (Å²) in [4.78, 5) is 32.9. The highest BCUT2D eigenvalue weighted by Crippen LogP contribution is 1.92. The van der Waals surface area contributed by atoms with Gasteiger partial charge in [0.1, 0.15) is 6.61 Å². The second-order valence-corrected chi connectivity index (χ2v) is 3.11. The van der Waals surface area contributed by atoms with Crippen molar-refractivity contribution < 1.29 is 19.1 Å². The van der Waals surface area contributed by atoms with Gasteiger partial charge >= 0.3 is 5.97 Å². The summed E-state index contributed by atoms with van der Waals surface area (Å²) in [6.07, 6.45) is 2.35. The largest absolute Gasteiger partial charge is 0.461 e. The third-order valence-electron chi connectivity index (χ3n) is 1.78. The second kappa shape index (κ2) is 8.64. The van der Waals surface area contributed by atoms with Gasteiger partial charge in [0, 0.05) is 19.4 Å². The molecule has 0 saturated heterocycles. The van der Waals surface area contributed by atoms with Crippen LogP contribution in [0.25, 0.3) is 0 Å². The van der Waals surface area contributed by atoms with Crippen LogP contribution in [-0.4, -0.2) is 30.8 Å². The van der Waals surface area contributed by atoms with Crippen LogP contribution in [0.15, 0.2) is 12.7 Å². The fourth-order valence-corrected chi connectivity index (χ4v) is 0.918. The van der Waals surface area contributed by atoms with E-state index in [2.05, 4.69) is 11.9 Å². The number of hydrogen-bond acceptors (Lipinski definition) is 4. The number of ketones is 1. The van der Waals surface area contributed by atoms with E-state index in [1.807, 2.05) is 0 Å². The average molecular weight is 227 g/mol. The first-order valence-electron chi connectivity index (χ1n) is 5.19. The molecule has 0 spiro atoms. The molecule has 0 atom stereocenters. The highest BCUT2D eigenvalue weighted by Gasteiger charge is 2.09. The summed E-state index contributed by atoms with van der Waals surface area (Å²) in [6, 6.07) is 0. The monoisotopic (exact) mass is 227 g/mol. The molecule has 1 N–H and O–H groups in total. The van der Waals surface area contributed by atoms with E-state index in [1.165, 1.54) is 6.08 Å². The summed E-state index contributed by atoms with van der Waals surface area (Å²) in [5.41, 5.74) is 0. The molecule has 0 aromatic heterocycles. The lowest BCUT2D eigenvalue weighted by Crippen LogP contribution is -2.31. The van der Waals surface area contributed by atoms with Crippen molar-refractivity contribution in [3.63, 3.8) is 0 Å². The van der Waals surface area contributed by atoms with E-state index in [1.54, 1.807) is 6.92 Å². The van der Waals surface area contributed by atoms with Gasteiger partial charge in [0.2, 0.25) is 5.78 Å². The third kappa shape index (κ3) is 6.75. The molecule has 1 amide bonds. The maximum atomic E-state index is 11.0. The van der Waals surface area contributed by atoms with E-state index in [9.17, 15) is 14.4 Å². The summed E-state index contributed by atoms with van der Waals surface area (Å²) >= 11 is 0. The number of nitrogens with one attached hydrogen (secondary N) is 1. The summed E-state index contributed by atoms with van der Waals surface area (Å²) in [7, 11) is 0. The highest BCUT2D eigenvalue weighted by atomic mass is 16.5. The van der Waals surface area contributed by atoms with Crippen molar-refractivity contribution in [3.8, 4) is 0 Å². The number of esters is 1. The zero-order valence-electron chi connectivity index (χ0n) is 9.45. The summed E-state index contributed by atoms with van der Waals surface area (Å²) in [5, 5.41) is 2.43. The average Bonchev–Trinajstić information content (AvgIpc) is 2.30. The normalized spacial score (nSPS) is 9.31. The smallest absolute Gasteiger partial charge is 0.306 e. The SMILES string of the molecule is C=CCOC(=O)CCCNC(=O)C(=O)CC. The topological polar surface area (TPSA) is 72.5 Å². The Bertz CT molecular complexity index is 273. The van der Waals surface area contributed by atoms with Crippen LogP contribution in [-0.2, 0) is 19.1 Å². The quantitative estimate of drug-likeness (QED) is 0.285. The second-order valence-electron chi connectivity index (χ2n) is 3.11. The van der Waals surface area contributed by atoms with Crippen molar-refractivity contribution in [1.82, 2.24) is 5.32 Å². The van der Waals surface area contributed by atoms with Crippen molar-refractivity contribution in [2.45, 2.75) is 26.2 Å².